The first-order chi connectivity index (χ1) is 24.8. The lowest BCUT2D eigenvalue weighted by molar-refractivity contribution is -0.124. The molecular weight excluding hydrogens is 737 g/mol. The van der Waals surface area contributed by atoms with Crippen LogP contribution in [0.2, 0.25) is 0 Å². The van der Waals surface area contributed by atoms with Crippen molar-refractivity contribution in [3.63, 3.8) is 0 Å². The molecule has 0 N–H and O–H groups in total. The van der Waals surface area contributed by atoms with E-state index in [1.54, 1.807) is 17.4 Å². The number of halogens is 1. The monoisotopic (exact) mass is 790 g/mol. The van der Waals surface area contributed by atoms with E-state index in [9.17, 15) is 20.1 Å². The Hall–Kier alpha value is -2.98. The van der Waals surface area contributed by atoms with Crippen molar-refractivity contribution in [2.45, 2.75) is 130 Å². The van der Waals surface area contributed by atoms with Crippen LogP contribution in [0.5, 0.6) is 0 Å². The molecule has 0 aromatic carbocycles. The largest absolute Gasteiger partial charge is 0.306 e. The zero-order chi connectivity index (χ0) is 36.8. The van der Waals surface area contributed by atoms with E-state index in [1.165, 1.54) is 49.9 Å². The van der Waals surface area contributed by atoms with Crippen LogP contribution in [0.1, 0.15) is 145 Å². The van der Waals surface area contributed by atoms with E-state index >= 15 is 0 Å². The van der Waals surface area contributed by atoms with Crippen molar-refractivity contribution < 1.29 is 9.59 Å². The van der Waals surface area contributed by atoms with Crippen LogP contribution < -0.4 is 0 Å². The van der Waals surface area contributed by atoms with Crippen molar-refractivity contribution in [3.05, 3.63) is 59.4 Å². The molecular formula is C42H55BrN4O2S2. The Morgan fingerprint density at radius 1 is 0.667 bits per heavy atom. The molecule has 2 aromatic heterocycles. The molecule has 274 valence electrons. The highest BCUT2D eigenvalue weighted by Crippen LogP contribution is 2.50. The van der Waals surface area contributed by atoms with Crippen molar-refractivity contribution >= 4 is 67.9 Å². The van der Waals surface area contributed by atoms with Crippen LogP contribution >= 0.6 is 38.6 Å². The van der Waals surface area contributed by atoms with E-state index < -0.39 is 0 Å². The quantitative estimate of drug-likeness (QED) is 0.0828. The molecule has 2 aliphatic rings. The number of allylic oxidation sites excluding steroid dienone is 1. The van der Waals surface area contributed by atoms with Gasteiger partial charge >= 0.3 is 0 Å². The third kappa shape index (κ3) is 10.6. The van der Waals surface area contributed by atoms with Crippen LogP contribution in [0.25, 0.3) is 17.5 Å². The second-order valence-corrected chi connectivity index (χ2v) is 17.7. The zero-order valence-electron chi connectivity index (χ0n) is 31.1. The van der Waals surface area contributed by atoms with Crippen LogP contribution in [-0.2, 0) is 9.59 Å². The average Bonchev–Trinajstić information content (AvgIpc) is 3.90. The Balaban J connectivity index is 1.85. The first-order valence-electron chi connectivity index (χ1n) is 19.3. The summed E-state index contributed by atoms with van der Waals surface area (Å²) in [6.45, 7) is 10.1. The number of carbonyl (C=O) groups excluding carboxylic acids is 2. The lowest BCUT2D eigenvalue weighted by atomic mass is 9.94. The maximum Gasteiger partial charge on any atom is 0.261 e. The lowest BCUT2D eigenvalue weighted by Crippen LogP contribution is -2.34. The summed E-state index contributed by atoms with van der Waals surface area (Å²) in [7, 11) is 0. The van der Waals surface area contributed by atoms with E-state index in [1.807, 2.05) is 46.2 Å². The minimum absolute atomic E-state index is 0.0263. The summed E-state index contributed by atoms with van der Waals surface area (Å²) in [5.41, 5.74) is 2.52. The molecule has 0 fully saturated rings. The van der Waals surface area contributed by atoms with Gasteiger partial charge in [0.05, 0.1) is 36.1 Å². The number of hydrogen-bond donors (Lipinski definition) is 0. The van der Waals surface area contributed by atoms with E-state index in [0.29, 0.717) is 41.8 Å². The number of nitriles is 2. The SMILES string of the molecule is CCCCCCC(CCCC)CN1C(=O)C2=C(c3ccc(C=C(C#N)C#N)s3)N(CC(CCCC)CCCCCC)C(=O)C2=C1c1ccc(Br)s1. The van der Waals surface area contributed by atoms with Gasteiger partial charge in [-0.3, -0.25) is 9.59 Å². The fourth-order valence-corrected chi connectivity index (χ4v) is 9.82. The number of rotatable bonds is 23. The van der Waals surface area contributed by atoms with Gasteiger partial charge < -0.3 is 9.80 Å². The summed E-state index contributed by atoms with van der Waals surface area (Å²) in [6, 6.07) is 11.8. The standard InChI is InChI=1S/C42H55BrN4O2S2/c1-5-9-13-15-19-30(17-11-7-3)28-46-39(34-22-21-33(50-34)25-32(26-44)27-45)37-38(42(46)49)40(35-23-24-36(43)51-35)47(41(37)48)29-31(18-12-8-4)20-16-14-10-6-2/h21-25,30-31H,5-20,28-29H2,1-4H3. The molecule has 4 heterocycles. The van der Waals surface area contributed by atoms with Crippen LogP contribution in [0.15, 0.2) is 44.8 Å². The van der Waals surface area contributed by atoms with Gasteiger partial charge in [0.15, 0.2) is 0 Å². The number of carbonyl (C=O) groups is 2. The summed E-state index contributed by atoms with van der Waals surface area (Å²) >= 11 is 6.66. The minimum atomic E-state index is -0.0845. The highest BCUT2D eigenvalue weighted by atomic mass is 79.9. The fraction of sp³-hybridized carbons (Fsp3) is 0.571. The summed E-state index contributed by atoms with van der Waals surface area (Å²) < 4.78 is 0.965. The molecule has 0 saturated carbocycles. The number of thiophene rings is 2. The van der Waals surface area contributed by atoms with E-state index in [2.05, 4.69) is 43.6 Å². The van der Waals surface area contributed by atoms with Gasteiger partial charge in [-0.25, -0.2) is 0 Å². The molecule has 4 rings (SSSR count). The molecule has 0 saturated heterocycles. The van der Waals surface area contributed by atoms with E-state index in [4.69, 9.17) is 0 Å². The van der Waals surface area contributed by atoms with Gasteiger partial charge in [-0.05, 0) is 83.8 Å². The Morgan fingerprint density at radius 2 is 1.12 bits per heavy atom. The molecule has 51 heavy (non-hydrogen) atoms. The smallest absolute Gasteiger partial charge is 0.261 e. The molecule has 6 nitrogen and oxygen atoms in total. The molecule has 0 radical (unpaired) electrons. The Bertz CT molecular complexity index is 1650. The Labute approximate surface area is 323 Å². The number of unbranched alkanes of at least 4 members (excludes halogenated alkanes) is 8. The number of hydrogen-bond acceptors (Lipinski definition) is 6. The molecule has 0 bridgehead atoms. The molecule has 2 unspecified atom stereocenters. The van der Waals surface area contributed by atoms with Crippen molar-refractivity contribution in [2.24, 2.45) is 11.8 Å². The predicted molar refractivity (Wildman–Crippen MR) is 216 cm³/mol. The summed E-state index contributed by atoms with van der Waals surface area (Å²) in [5.74, 6) is 0.516. The van der Waals surface area contributed by atoms with Crippen molar-refractivity contribution in [3.8, 4) is 12.1 Å². The van der Waals surface area contributed by atoms with Crippen LogP contribution in [-0.4, -0.2) is 34.7 Å². The van der Waals surface area contributed by atoms with Crippen LogP contribution in [0.3, 0.4) is 0 Å². The molecule has 0 spiro atoms. The minimum Gasteiger partial charge on any atom is -0.306 e. The second kappa shape index (κ2) is 20.9. The maximum absolute atomic E-state index is 15.0. The van der Waals surface area contributed by atoms with Gasteiger partial charge in [0.1, 0.15) is 17.7 Å². The van der Waals surface area contributed by atoms with E-state index in [-0.39, 0.29) is 17.4 Å². The van der Waals surface area contributed by atoms with Crippen molar-refractivity contribution in [1.29, 1.82) is 10.5 Å². The number of nitrogens with zero attached hydrogens (tertiary/aromatic N) is 4. The number of amides is 2. The molecule has 0 aliphatic carbocycles. The molecule has 2 aromatic rings. The number of fused-ring (bicyclic) bond motifs is 1. The molecule has 2 atom stereocenters. The van der Waals surface area contributed by atoms with Crippen molar-refractivity contribution in [2.75, 3.05) is 13.1 Å². The van der Waals surface area contributed by atoms with Gasteiger partial charge in [-0.2, -0.15) is 10.5 Å². The Morgan fingerprint density at radius 3 is 1.55 bits per heavy atom. The summed E-state index contributed by atoms with van der Waals surface area (Å²) in [5, 5.41) is 18.9. The molecule has 2 aliphatic heterocycles. The summed E-state index contributed by atoms with van der Waals surface area (Å²) in [6.07, 6.45) is 19.7. The molecule has 2 amide bonds. The van der Waals surface area contributed by atoms with Gasteiger partial charge in [0.2, 0.25) is 0 Å². The highest BCUT2D eigenvalue weighted by Gasteiger charge is 2.50. The third-order valence-electron chi connectivity index (χ3n) is 10.1. The lowest BCUT2D eigenvalue weighted by Gasteiger charge is -2.29. The Kier molecular flexibility index (Phi) is 16.7. The topological polar surface area (TPSA) is 88.2 Å². The van der Waals surface area contributed by atoms with Gasteiger partial charge in [-0.15, -0.1) is 22.7 Å². The van der Waals surface area contributed by atoms with Crippen molar-refractivity contribution in [1.82, 2.24) is 9.80 Å². The second-order valence-electron chi connectivity index (χ2n) is 14.1. The zero-order valence-corrected chi connectivity index (χ0v) is 34.3. The first-order valence-corrected chi connectivity index (χ1v) is 21.7. The molecule has 9 heteroatoms. The maximum atomic E-state index is 15.0. The third-order valence-corrected chi connectivity index (χ3v) is 12.8. The van der Waals surface area contributed by atoms with Gasteiger partial charge in [0, 0.05) is 18.0 Å². The predicted octanol–water partition coefficient (Wildman–Crippen LogP) is 12.4. The van der Waals surface area contributed by atoms with Gasteiger partial charge in [-0.1, -0.05) is 105 Å². The highest BCUT2D eigenvalue weighted by molar-refractivity contribution is 9.11. The normalized spacial score (nSPS) is 15.4. The fourth-order valence-electron chi connectivity index (χ4n) is 7.36. The van der Waals surface area contributed by atoms with Gasteiger partial charge in [0.25, 0.3) is 11.8 Å². The first kappa shape index (κ1) is 40.8. The summed E-state index contributed by atoms with van der Waals surface area (Å²) in [4.78, 5) is 36.3. The van der Waals surface area contributed by atoms with Crippen LogP contribution in [0.4, 0.5) is 0 Å². The average molecular weight is 792 g/mol. The van der Waals surface area contributed by atoms with Crippen LogP contribution in [0, 0.1) is 34.5 Å². The van der Waals surface area contributed by atoms with E-state index in [0.717, 1.165) is 88.3 Å².